The van der Waals surface area contributed by atoms with Crippen molar-refractivity contribution in [2.45, 2.75) is 32.7 Å². The van der Waals surface area contributed by atoms with Crippen molar-refractivity contribution in [2.75, 3.05) is 0 Å². The number of carbonyl (C=O) groups is 1. The Kier molecular flexibility index (Phi) is 4.20. The predicted molar refractivity (Wildman–Crippen MR) is 92.3 cm³/mol. The lowest BCUT2D eigenvalue weighted by Gasteiger charge is -2.12. The van der Waals surface area contributed by atoms with Gasteiger partial charge >= 0.3 is 0 Å². The standard InChI is InChI=1S/C20H21NO2/c1-13-6-7-15(14(2)12-13)8-11-20(23)21-18-10-9-17-16(18)4-3-5-19(17)22/h3-8,11-12,18,22H,9-10H2,1-2H3,(H,21,23)/b11-8+. The Hall–Kier alpha value is -2.55. The lowest BCUT2D eigenvalue weighted by atomic mass is 10.1. The Labute approximate surface area is 136 Å². The molecule has 0 radical (unpaired) electrons. The first-order valence-electron chi connectivity index (χ1n) is 7.91. The molecule has 1 unspecified atom stereocenters. The molecule has 0 saturated carbocycles. The Morgan fingerprint density at radius 2 is 2.09 bits per heavy atom. The zero-order valence-electron chi connectivity index (χ0n) is 13.5. The number of carbonyl (C=O) groups excluding carboxylic acids is 1. The number of fused-ring (bicyclic) bond motifs is 1. The van der Waals surface area contributed by atoms with Crippen LogP contribution >= 0.6 is 0 Å². The van der Waals surface area contributed by atoms with Crippen molar-refractivity contribution in [3.05, 3.63) is 70.3 Å². The highest BCUT2D eigenvalue weighted by Crippen LogP contribution is 2.36. The topological polar surface area (TPSA) is 49.3 Å². The first-order chi connectivity index (χ1) is 11.0. The summed E-state index contributed by atoms with van der Waals surface area (Å²) in [7, 11) is 0. The molecule has 0 aromatic heterocycles. The monoisotopic (exact) mass is 307 g/mol. The minimum absolute atomic E-state index is 0.0200. The fraction of sp³-hybridized carbons (Fsp3) is 0.250. The fourth-order valence-electron chi connectivity index (χ4n) is 3.18. The van der Waals surface area contributed by atoms with Crippen LogP contribution in [-0.4, -0.2) is 11.0 Å². The molecule has 2 N–H and O–H groups in total. The van der Waals surface area contributed by atoms with Gasteiger partial charge < -0.3 is 10.4 Å². The smallest absolute Gasteiger partial charge is 0.244 e. The predicted octanol–water partition coefficient (Wildman–Crippen LogP) is 3.83. The normalized spacial score (nSPS) is 16.5. The summed E-state index contributed by atoms with van der Waals surface area (Å²) in [5.74, 6) is 0.219. The van der Waals surface area contributed by atoms with Gasteiger partial charge in [0.2, 0.25) is 5.91 Å². The van der Waals surface area contributed by atoms with Crippen LogP contribution in [0, 0.1) is 13.8 Å². The van der Waals surface area contributed by atoms with Gasteiger partial charge in [-0.05, 0) is 61.1 Å². The summed E-state index contributed by atoms with van der Waals surface area (Å²) >= 11 is 0. The van der Waals surface area contributed by atoms with Gasteiger partial charge in [-0.1, -0.05) is 35.9 Å². The molecule has 0 saturated heterocycles. The average molecular weight is 307 g/mol. The molecule has 1 aliphatic rings. The van der Waals surface area contributed by atoms with Crippen LogP contribution in [-0.2, 0) is 11.2 Å². The van der Waals surface area contributed by atoms with E-state index in [1.807, 2.05) is 37.3 Å². The van der Waals surface area contributed by atoms with E-state index in [-0.39, 0.29) is 11.9 Å². The Morgan fingerprint density at radius 1 is 1.26 bits per heavy atom. The summed E-state index contributed by atoms with van der Waals surface area (Å²) in [4.78, 5) is 12.2. The van der Waals surface area contributed by atoms with Crippen molar-refractivity contribution < 1.29 is 9.90 Å². The van der Waals surface area contributed by atoms with Crippen molar-refractivity contribution in [1.29, 1.82) is 0 Å². The summed E-state index contributed by atoms with van der Waals surface area (Å²) in [6, 6.07) is 11.6. The molecule has 2 aromatic rings. The van der Waals surface area contributed by atoms with Gasteiger partial charge in [0.15, 0.2) is 0 Å². The van der Waals surface area contributed by atoms with Crippen LogP contribution in [0.25, 0.3) is 6.08 Å². The molecule has 1 amide bonds. The van der Waals surface area contributed by atoms with Crippen LogP contribution < -0.4 is 5.32 Å². The van der Waals surface area contributed by atoms with Crippen molar-refractivity contribution >= 4 is 12.0 Å². The number of amides is 1. The Balaban J connectivity index is 1.69. The minimum Gasteiger partial charge on any atom is -0.508 e. The largest absolute Gasteiger partial charge is 0.508 e. The number of rotatable bonds is 3. The molecule has 2 aromatic carbocycles. The van der Waals surface area contributed by atoms with Crippen molar-refractivity contribution in [2.24, 2.45) is 0 Å². The molecule has 3 rings (SSSR count). The van der Waals surface area contributed by atoms with Crippen LogP contribution in [0.1, 0.15) is 40.3 Å². The van der Waals surface area contributed by atoms with E-state index in [9.17, 15) is 9.90 Å². The summed E-state index contributed by atoms with van der Waals surface area (Å²) in [5.41, 5.74) is 5.40. The van der Waals surface area contributed by atoms with Gasteiger partial charge in [-0.25, -0.2) is 0 Å². The van der Waals surface area contributed by atoms with Gasteiger partial charge in [0.1, 0.15) is 5.75 Å². The van der Waals surface area contributed by atoms with Gasteiger partial charge in [0.05, 0.1) is 6.04 Å². The molecular weight excluding hydrogens is 286 g/mol. The highest BCUT2D eigenvalue weighted by molar-refractivity contribution is 5.92. The van der Waals surface area contributed by atoms with Crippen LogP contribution in [0.15, 0.2) is 42.5 Å². The first kappa shape index (κ1) is 15.3. The van der Waals surface area contributed by atoms with E-state index in [4.69, 9.17) is 0 Å². The maximum Gasteiger partial charge on any atom is 0.244 e. The molecule has 3 nitrogen and oxygen atoms in total. The van der Waals surface area contributed by atoms with Gasteiger partial charge in [-0.15, -0.1) is 0 Å². The van der Waals surface area contributed by atoms with Crippen molar-refractivity contribution in [3.63, 3.8) is 0 Å². The lowest BCUT2D eigenvalue weighted by molar-refractivity contribution is -0.117. The van der Waals surface area contributed by atoms with Gasteiger partial charge in [0, 0.05) is 6.08 Å². The highest BCUT2D eigenvalue weighted by atomic mass is 16.3. The SMILES string of the molecule is Cc1ccc(/C=C/C(=O)NC2CCc3c(O)cccc32)c(C)c1. The molecule has 3 heteroatoms. The first-order valence-corrected chi connectivity index (χ1v) is 7.91. The third-order valence-corrected chi connectivity index (χ3v) is 4.40. The summed E-state index contributed by atoms with van der Waals surface area (Å²) < 4.78 is 0. The van der Waals surface area contributed by atoms with Gasteiger partial charge in [0.25, 0.3) is 0 Å². The minimum atomic E-state index is -0.105. The number of nitrogens with one attached hydrogen (secondary N) is 1. The molecule has 118 valence electrons. The zero-order chi connectivity index (χ0) is 16.4. The summed E-state index contributed by atoms with van der Waals surface area (Å²) in [5, 5.41) is 12.9. The maximum atomic E-state index is 12.2. The summed E-state index contributed by atoms with van der Waals surface area (Å²) in [6.07, 6.45) is 5.06. The molecule has 1 atom stereocenters. The highest BCUT2D eigenvalue weighted by Gasteiger charge is 2.25. The Bertz CT molecular complexity index is 777. The number of aryl methyl sites for hydroxylation is 2. The molecular formula is C20H21NO2. The van der Waals surface area contributed by atoms with Crippen LogP contribution in [0.4, 0.5) is 0 Å². The molecule has 0 spiro atoms. The number of aromatic hydroxyl groups is 1. The van der Waals surface area contributed by atoms with E-state index >= 15 is 0 Å². The number of phenols is 1. The lowest BCUT2D eigenvalue weighted by Crippen LogP contribution is -2.25. The van der Waals surface area contributed by atoms with Crippen molar-refractivity contribution in [3.8, 4) is 5.75 Å². The number of hydrogen-bond acceptors (Lipinski definition) is 2. The van der Waals surface area contributed by atoms with Crippen LogP contribution in [0.5, 0.6) is 5.75 Å². The number of phenolic OH excluding ortho intramolecular Hbond substituents is 1. The molecule has 0 heterocycles. The van der Waals surface area contributed by atoms with E-state index in [0.29, 0.717) is 5.75 Å². The van der Waals surface area contributed by atoms with Crippen molar-refractivity contribution in [1.82, 2.24) is 5.32 Å². The molecule has 23 heavy (non-hydrogen) atoms. The van der Waals surface area contributed by atoms with Gasteiger partial charge in [-0.2, -0.15) is 0 Å². The second-order valence-electron chi connectivity index (χ2n) is 6.14. The molecule has 1 aliphatic carbocycles. The quantitative estimate of drug-likeness (QED) is 0.847. The van der Waals surface area contributed by atoms with Crippen LogP contribution in [0.2, 0.25) is 0 Å². The molecule has 0 aliphatic heterocycles. The third-order valence-electron chi connectivity index (χ3n) is 4.40. The average Bonchev–Trinajstić information content (AvgIpc) is 2.91. The van der Waals surface area contributed by atoms with E-state index in [1.165, 1.54) is 5.56 Å². The molecule has 0 bridgehead atoms. The second kappa shape index (κ2) is 6.29. The van der Waals surface area contributed by atoms with E-state index in [2.05, 4.69) is 18.3 Å². The number of benzene rings is 2. The summed E-state index contributed by atoms with van der Waals surface area (Å²) in [6.45, 7) is 4.10. The van der Waals surface area contributed by atoms with E-state index < -0.39 is 0 Å². The van der Waals surface area contributed by atoms with E-state index in [0.717, 1.165) is 35.1 Å². The maximum absolute atomic E-state index is 12.2. The number of hydrogen-bond donors (Lipinski definition) is 2. The zero-order valence-corrected chi connectivity index (χ0v) is 13.5. The second-order valence-corrected chi connectivity index (χ2v) is 6.14. The third kappa shape index (κ3) is 3.29. The van der Waals surface area contributed by atoms with Gasteiger partial charge in [-0.3, -0.25) is 4.79 Å². The fourth-order valence-corrected chi connectivity index (χ4v) is 3.18. The van der Waals surface area contributed by atoms with Crippen LogP contribution in [0.3, 0.4) is 0 Å². The van der Waals surface area contributed by atoms with E-state index in [1.54, 1.807) is 12.1 Å². The molecule has 0 fully saturated rings. The Morgan fingerprint density at radius 3 is 2.87 bits per heavy atom.